The van der Waals surface area contributed by atoms with Gasteiger partial charge in [-0.05, 0) is 25.3 Å². The number of hydrogen-bond acceptors (Lipinski definition) is 3. The largest absolute Gasteiger partial charge is 0.481 e. The summed E-state index contributed by atoms with van der Waals surface area (Å²) in [5, 5.41) is 9.67. The van der Waals surface area contributed by atoms with Crippen molar-refractivity contribution in [3.63, 3.8) is 0 Å². The van der Waals surface area contributed by atoms with Gasteiger partial charge in [0.15, 0.2) is 0 Å². The van der Waals surface area contributed by atoms with Crippen LogP contribution in [0.3, 0.4) is 0 Å². The summed E-state index contributed by atoms with van der Waals surface area (Å²) >= 11 is 0. The minimum Gasteiger partial charge on any atom is -0.481 e. The zero-order valence-electron chi connectivity index (χ0n) is 14.3. The fourth-order valence-electron chi connectivity index (χ4n) is 3.58. The monoisotopic (exact) mass is 341 g/mol. The lowest BCUT2D eigenvalue weighted by Crippen LogP contribution is -2.45. The third-order valence-corrected chi connectivity index (χ3v) is 4.78. The number of hydrogen-bond donors (Lipinski definition) is 1. The quantitative estimate of drug-likeness (QED) is 0.876. The molecule has 0 saturated carbocycles. The topological polar surface area (TPSA) is 75.4 Å². The first kappa shape index (κ1) is 17.2. The lowest BCUT2D eigenvalue weighted by Gasteiger charge is -2.40. The van der Waals surface area contributed by atoms with E-state index >= 15 is 0 Å². The summed E-state index contributed by atoms with van der Waals surface area (Å²) in [6.07, 6.45) is 6.81. The third-order valence-electron chi connectivity index (χ3n) is 4.78. The Balaban J connectivity index is 1.82. The number of carboxylic acids is 1. The van der Waals surface area contributed by atoms with Gasteiger partial charge in [0.2, 0.25) is 5.91 Å². The summed E-state index contributed by atoms with van der Waals surface area (Å²) in [6.45, 7) is 3.27. The Hall–Kier alpha value is -2.63. The summed E-state index contributed by atoms with van der Waals surface area (Å²) < 4.78 is 1.96. The Morgan fingerprint density at radius 3 is 2.88 bits per heavy atom. The van der Waals surface area contributed by atoms with E-state index in [-0.39, 0.29) is 5.91 Å². The normalized spacial score (nSPS) is 20.7. The van der Waals surface area contributed by atoms with Crippen molar-refractivity contribution in [2.24, 2.45) is 5.92 Å². The van der Waals surface area contributed by atoms with Crippen molar-refractivity contribution >= 4 is 11.9 Å². The van der Waals surface area contributed by atoms with Gasteiger partial charge in [0.1, 0.15) is 0 Å². The summed E-state index contributed by atoms with van der Waals surface area (Å²) in [7, 11) is 0. The number of benzene rings is 1. The number of aryl methyl sites for hydroxylation is 2. The maximum atomic E-state index is 12.5. The molecular weight excluding hydrogens is 318 g/mol. The molecule has 1 aromatic carbocycles. The molecule has 1 aliphatic heterocycles. The number of piperidine rings is 1. The van der Waals surface area contributed by atoms with E-state index in [0.29, 0.717) is 19.4 Å². The standard InChI is InChI=1S/C19H23N3O3/c1-14-4-2-5-15(12-14)18-16(19(24)25)6-7-17(23)22(18)10-3-9-21-11-8-20-13-21/h2,4-5,8,11-13,16,18H,3,6-7,9-10H2,1H3,(H,24,25)/t16-,18-/m0/s1. The second-order valence-corrected chi connectivity index (χ2v) is 6.58. The van der Waals surface area contributed by atoms with E-state index in [1.165, 1.54) is 0 Å². The molecule has 2 aromatic rings. The number of amides is 1. The molecule has 0 bridgehead atoms. The zero-order valence-corrected chi connectivity index (χ0v) is 14.3. The second kappa shape index (κ2) is 7.51. The van der Waals surface area contributed by atoms with Crippen LogP contribution < -0.4 is 0 Å². The van der Waals surface area contributed by atoms with Gasteiger partial charge in [0.05, 0.1) is 18.3 Å². The van der Waals surface area contributed by atoms with Crippen LogP contribution in [0.1, 0.15) is 36.4 Å². The van der Waals surface area contributed by atoms with Crippen molar-refractivity contribution in [2.75, 3.05) is 6.54 Å². The smallest absolute Gasteiger partial charge is 0.308 e. The molecule has 1 N–H and O–H groups in total. The highest BCUT2D eigenvalue weighted by molar-refractivity contribution is 5.81. The lowest BCUT2D eigenvalue weighted by molar-refractivity contribution is -0.152. The fourth-order valence-corrected chi connectivity index (χ4v) is 3.58. The van der Waals surface area contributed by atoms with E-state index in [9.17, 15) is 14.7 Å². The molecule has 25 heavy (non-hydrogen) atoms. The number of carboxylic acid groups (broad SMARTS) is 1. The zero-order chi connectivity index (χ0) is 17.8. The van der Waals surface area contributed by atoms with Crippen LogP contribution in [0.15, 0.2) is 43.0 Å². The van der Waals surface area contributed by atoms with Gasteiger partial charge >= 0.3 is 5.97 Å². The van der Waals surface area contributed by atoms with Gasteiger partial charge < -0.3 is 14.6 Å². The van der Waals surface area contributed by atoms with E-state index in [2.05, 4.69) is 4.98 Å². The van der Waals surface area contributed by atoms with Crippen LogP contribution in [-0.4, -0.2) is 38.0 Å². The van der Waals surface area contributed by atoms with Crippen molar-refractivity contribution in [3.8, 4) is 0 Å². The van der Waals surface area contributed by atoms with Gasteiger partial charge in [-0.1, -0.05) is 29.8 Å². The van der Waals surface area contributed by atoms with Crippen LogP contribution in [0.2, 0.25) is 0 Å². The van der Waals surface area contributed by atoms with Crippen molar-refractivity contribution in [3.05, 3.63) is 54.1 Å². The number of rotatable bonds is 6. The Kier molecular flexibility index (Phi) is 5.16. The highest BCUT2D eigenvalue weighted by atomic mass is 16.4. The number of imidazole rings is 1. The molecule has 2 heterocycles. The van der Waals surface area contributed by atoms with Crippen molar-refractivity contribution < 1.29 is 14.7 Å². The number of aromatic nitrogens is 2. The molecule has 132 valence electrons. The van der Waals surface area contributed by atoms with Crippen LogP contribution in [0, 0.1) is 12.8 Å². The summed E-state index contributed by atoms with van der Waals surface area (Å²) in [5.74, 6) is -1.36. The van der Waals surface area contributed by atoms with Gasteiger partial charge in [-0.3, -0.25) is 9.59 Å². The Morgan fingerprint density at radius 2 is 2.20 bits per heavy atom. The highest BCUT2D eigenvalue weighted by Gasteiger charge is 2.40. The summed E-state index contributed by atoms with van der Waals surface area (Å²) in [5.41, 5.74) is 1.97. The average molecular weight is 341 g/mol. The van der Waals surface area contributed by atoms with Gasteiger partial charge in [-0.15, -0.1) is 0 Å². The Bertz CT molecular complexity index is 742. The van der Waals surface area contributed by atoms with Crippen molar-refractivity contribution in [1.82, 2.24) is 14.5 Å². The van der Waals surface area contributed by atoms with Crippen LogP contribution in [0.4, 0.5) is 0 Å². The summed E-state index contributed by atoms with van der Waals surface area (Å²) in [6, 6.07) is 7.41. The molecular formula is C19H23N3O3. The lowest BCUT2D eigenvalue weighted by atomic mass is 9.83. The van der Waals surface area contributed by atoms with E-state index in [1.54, 1.807) is 17.4 Å². The molecule has 1 amide bonds. The number of likely N-dealkylation sites (tertiary alicyclic amines) is 1. The van der Waals surface area contributed by atoms with Crippen LogP contribution in [0.5, 0.6) is 0 Å². The van der Waals surface area contributed by atoms with Crippen LogP contribution in [0.25, 0.3) is 0 Å². The Morgan fingerprint density at radius 1 is 1.36 bits per heavy atom. The molecule has 0 unspecified atom stereocenters. The molecule has 2 atom stereocenters. The van der Waals surface area contributed by atoms with Crippen molar-refractivity contribution in [1.29, 1.82) is 0 Å². The highest BCUT2D eigenvalue weighted by Crippen LogP contribution is 2.37. The SMILES string of the molecule is Cc1cccc([C@H]2[C@@H](C(=O)O)CCC(=O)N2CCCn2ccnc2)c1. The molecule has 1 saturated heterocycles. The van der Waals surface area contributed by atoms with Gasteiger partial charge in [0.25, 0.3) is 0 Å². The minimum absolute atomic E-state index is 0.0367. The Labute approximate surface area is 147 Å². The number of aliphatic carboxylic acids is 1. The first-order valence-corrected chi connectivity index (χ1v) is 8.61. The maximum absolute atomic E-state index is 12.5. The molecule has 0 radical (unpaired) electrons. The average Bonchev–Trinajstić information content (AvgIpc) is 3.09. The molecule has 0 aliphatic carbocycles. The van der Waals surface area contributed by atoms with Gasteiger partial charge in [0, 0.05) is 31.9 Å². The van der Waals surface area contributed by atoms with Crippen LogP contribution >= 0.6 is 0 Å². The van der Waals surface area contributed by atoms with E-state index < -0.39 is 17.9 Å². The van der Waals surface area contributed by atoms with E-state index in [0.717, 1.165) is 24.1 Å². The van der Waals surface area contributed by atoms with E-state index in [1.807, 2.05) is 42.0 Å². The molecule has 6 heteroatoms. The first-order chi connectivity index (χ1) is 12.1. The van der Waals surface area contributed by atoms with E-state index in [4.69, 9.17) is 0 Å². The predicted octanol–water partition coefficient (Wildman–Crippen LogP) is 2.65. The molecule has 6 nitrogen and oxygen atoms in total. The number of carbonyl (C=O) groups is 2. The molecule has 3 rings (SSSR count). The summed E-state index contributed by atoms with van der Waals surface area (Å²) in [4.78, 5) is 30.1. The molecule has 1 aliphatic rings. The second-order valence-electron chi connectivity index (χ2n) is 6.58. The molecule has 1 aromatic heterocycles. The molecule has 0 spiro atoms. The third kappa shape index (κ3) is 3.90. The number of carbonyl (C=O) groups excluding carboxylic acids is 1. The maximum Gasteiger partial charge on any atom is 0.308 e. The van der Waals surface area contributed by atoms with Crippen molar-refractivity contribution in [2.45, 2.75) is 38.8 Å². The first-order valence-electron chi connectivity index (χ1n) is 8.61. The molecule has 1 fully saturated rings. The minimum atomic E-state index is -0.835. The number of nitrogens with zero attached hydrogens (tertiary/aromatic N) is 3. The predicted molar refractivity (Wildman–Crippen MR) is 92.8 cm³/mol. The van der Waals surface area contributed by atoms with Gasteiger partial charge in [-0.2, -0.15) is 0 Å². The van der Waals surface area contributed by atoms with Gasteiger partial charge in [-0.25, -0.2) is 4.98 Å². The fraction of sp³-hybridized carbons (Fsp3) is 0.421. The van der Waals surface area contributed by atoms with Crippen LogP contribution in [-0.2, 0) is 16.1 Å².